The van der Waals surface area contributed by atoms with Crippen molar-refractivity contribution in [1.29, 1.82) is 0 Å². The molecule has 17 heavy (non-hydrogen) atoms. The van der Waals surface area contributed by atoms with E-state index in [-0.39, 0.29) is 0 Å². The standard InChI is InChI=1S/C10H16N4O3/c1-2-3-8-12-10(13-17-8)14-5-4-11-7(6-14)9(15)16/h7,11H,2-6H2,1H3,(H,15,16)/t7-/m1/s1. The summed E-state index contributed by atoms with van der Waals surface area (Å²) in [6.07, 6.45) is 1.70. The average Bonchev–Trinajstić information content (AvgIpc) is 2.78. The Kier molecular flexibility index (Phi) is 3.58. The van der Waals surface area contributed by atoms with E-state index in [1.165, 1.54) is 0 Å². The quantitative estimate of drug-likeness (QED) is 0.758. The van der Waals surface area contributed by atoms with Crippen LogP contribution in [0.25, 0.3) is 0 Å². The van der Waals surface area contributed by atoms with Crippen molar-refractivity contribution in [1.82, 2.24) is 15.5 Å². The first-order chi connectivity index (χ1) is 8.20. The lowest BCUT2D eigenvalue weighted by atomic mass is 10.2. The zero-order valence-electron chi connectivity index (χ0n) is 9.72. The molecule has 0 amide bonds. The van der Waals surface area contributed by atoms with Gasteiger partial charge in [0.25, 0.3) is 5.95 Å². The molecule has 0 aromatic carbocycles. The van der Waals surface area contributed by atoms with E-state index in [1.54, 1.807) is 0 Å². The molecule has 1 aromatic rings. The van der Waals surface area contributed by atoms with Crippen LogP contribution < -0.4 is 10.2 Å². The van der Waals surface area contributed by atoms with Gasteiger partial charge < -0.3 is 19.8 Å². The van der Waals surface area contributed by atoms with Gasteiger partial charge in [-0.2, -0.15) is 4.98 Å². The van der Waals surface area contributed by atoms with Crippen LogP contribution in [0.3, 0.4) is 0 Å². The van der Waals surface area contributed by atoms with Gasteiger partial charge in [0.15, 0.2) is 0 Å². The number of aromatic nitrogens is 2. The van der Waals surface area contributed by atoms with Crippen molar-refractivity contribution in [2.24, 2.45) is 0 Å². The molecule has 1 aliphatic heterocycles. The Morgan fingerprint density at radius 1 is 1.71 bits per heavy atom. The van der Waals surface area contributed by atoms with Crippen molar-refractivity contribution < 1.29 is 14.4 Å². The second-order valence-corrected chi connectivity index (χ2v) is 4.03. The van der Waals surface area contributed by atoms with E-state index < -0.39 is 12.0 Å². The number of piperazine rings is 1. The normalized spacial score (nSPS) is 20.5. The number of carbonyl (C=O) groups is 1. The highest BCUT2D eigenvalue weighted by Gasteiger charge is 2.27. The summed E-state index contributed by atoms with van der Waals surface area (Å²) < 4.78 is 5.08. The highest BCUT2D eigenvalue weighted by Crippen LogP contribution is 2.12. The smallest absolute Gasteiger partial charge is 0.322 e. The minimum atomic E-state index is -0.855. The number of carboxylic acid groups (broad SMARTS) is 1. The van der Waals surface area contributed by atoms with Crippen LogP contribution in [0, 0.1) is 0 Å². The molecule has 7 nitrogen and oxygen atoms in total. The average molecular weight is 240 g/mol. The Bertz CT molecular complexity index is 393. The zero-order valence-corrected chi connectivity index (χ0v) is 9.72. The van der Waals surface area contributed by atoms with Gasteiger partial charge in [-0.15, -0.1) is 0 Å². The lowest BCUT2D eigenvalue weighted by Gasteiger charge is -2.30. The fraction of sp³-hybridized carbons (Fsp3) is 0.700. The number of hydrogen-bond acceptors (Lipinski definition) is 6. The fourth-order valence-electron chi connectivity index (χ4n) is 1.79. The van der Waals surface area contributed by atoms with E-state index in [0.29, 0.717) is 31.5 Å². The van der Waals surface area contributed by atoms with Gasteiger partial charge in [-0.1, -0.05) is 6.92 Å². The Morgan fingerprint density at radius 3 is 3.24 bits per heavy atom. The summed E-state index contributed by atoms with van der Waals surface area (Å²) in [5.74, 6) is 0.237. The number of aliphatic carboxylic acids is 1. The van der Waals surface area contributed by atoms with E-state index in [4.69, 9.17) is 9.63 Å². The summed E-state index contributed by atoms with van der Waals surface area (Å²) in [6, 6.07) is -0.572. The Hall–Kier alpha value is -1.63. The van der Waals surface area contributed by atoms with Gasteiger partial charge in [0, 0.05) is 26.1 Å². The number of anilines is 1. The number of hydrogen-bond donors (Lipinski definition) is 2. The van der Waals surface area contributed by atoms with Crippen LogP contribution in [-0.2, 0) is 11.2 Å². The molecule has 2 rings (SSSR count). The molecule has 0 bridgehead atoms. The van der Waals surface area contributed by atoms with Gasteiger partial charge in [0.2, 0.25) is 5.89 Å². The van der Waals surface area contributed by atoms with Gasteiger partial charge in [0.1, 0.15) is 6.04 Å². The molecule has 0 spiro atoms. The zero-order chi connectivity index (χ0) is 12.3. The minimum Gasteiger partial charge on any atom is -0.480 e. The first-order valence-corrected chi connectivity index (χ1v) is 5.74. The van der Waals surface area contributed by atoms with E-state index in [0.717, 1.165) is 12.8 Å². The molecule has 1 saturated heterocycles. The predicted molar refractivity (Wildman–Crippen MR) is 59.9 cm³/mol. The third kappa shape index (κ3) is 2.73. The number of nitrogens with zero attached hydrogens (tertiary/aromatic N) is 3. The Balaban J connectivity index is 2.02. The van der Waals surface area contributed by atoms with E-state index in [1.807, 2.05) is 11.8 Å². The fourth-order valence-corrected chi connectivity index (χ4v) is 1.79. The Labute approximate surface area is 98.8 Å². The maximum atomic E-state index is 10.9. The first kappa shape index (κ1) is 11.8. The SMILES string of the molecule is CCCc1nc(N2CCN[C@@H](C(=O)O)C2)no1. The van der Waals surface area contributed by atoms with Crippen LogP contribution >= 0.6 is 0 Å². The van der Waals surface area contributed by atoms with Crippen molar-refractivity contribution >= 4 is 11.9 Å². The molecule has 1 atom stereocenters. The molecular weight excluding hydrogens is 224 g/mol. The van der Waals surface area contributed by atoms with Gasteiger partial charge in [-0.25, -0.2) is 0 Å². The van der Waals surface area contributed by atoms with Crippen molar-refractivity contribution in [3.63, 3.8) is 0 Å². The summed E-state index contributed by atoms with van der Waals surface area (Å²) >= 11 is 0. The molecule has 1 fully saturated rings. The molecule has 1 aromatic heterocycles. The number of rotatable bonds is 4. The summed E-state index contributed by atoms with van der Waals surface area (Å²) in [4.78, 5) is 17.0. The molecular formula is C10H16N4O3. The molecule has 0 radical (unpaired) electrons. The monoisotopic (exact) mass is 240 g/mol. The van der Waals surface area contributed by atoms with Crippen molar-refractivity contribution in [2.75, 3.05) is 24.5 Å². The van der Waals surface area contributed by atoms with Gasteiger partial charge in [0.05, 0.1) is 0 Å². The van der Waals surface area contributed by atoms with Crippen molar-refractivity contribution in [3.05, 3.63) is 5.89 Å². The van der Waals surface area contributed by atoms with Crippen LogP contribution in [0.5, 0.6) is 0 Å². The van der Waals surface area contributed by atoms with Gasteiger partial charge >= 0.3 is 5.97 Å². The molecule has 0 saturated carbocycles. The first-order valence-electron chi connectivity index (χ1n) is 5.74. The summed E-state index contributed by atoms with van der Waals surface area (Å²) in [5, 5.41) is 15.7. The van der Waals surface area contributed by atoms with E-state index in [2.05, 4.69) is 15.5 Å². The van der Waals surface area contributed by atoms with Crippen LogP contribution in [0.1, 0.15) is 19.2 Å². The van der Waals surface area contributed by atoms with Crippen LogP contribution in [0.4, 0.5) is 5.95 Å². The molecule has 94 valence electrons. The summed E-state index contributed by atoms with van der Waals surface area (Å²) in [6.45, 7) is 3.69. The van der Waals surface area contributed by atoms with Gasteiger partial charge in [-0.05, 0) is 11.6 Å². The maximum absolute atomic E-state index is 10.9. The molecule has 0 unspecified atom stereocenters. The largest absolute Gasteiger partial charge is 0.480 e. The third-order valence-electron chi connectivity index (χ3n) is 2.68. The molecule has 1 aliphatic rings. The number of nitrogens with one attached hydrogen (secondary N) is 1. The lowest BCUT2D eigenvalue weighted by Crippen LogP contribution is -2.54. The second kappa shape index (κ2) is 5.13. The summed E-state index contributed by atoms with van der Waals surface area (Å²) in [7, 11) is 0. The Morgan fingerprint density at radius 2 is 2.53 bits per heavy atom. The van der Waals surface area contributed by atoms with E-state index in [9.17, 15) is 4.79 Å². The molecule has 0 aliphatic carbocycles. The van der Waals surface area contributed by atoms with Gasteiger partial charge in [-0.3, -0.25) is 4.79 Å². The van der Waals surface area contributed by atoms with Crippen LogP contribution in [0.15, 0.2) is 4.52 Å². The highest BCUT2D eigenvalue weighted by molar-refractivity contribution is 5.74. The number of aryl methyl sites for hydroxylation is 1. The maximum Gasteiger partial charge on any atom is 0.322 e. The van der Waals surface area contributed by atoms with Crippen molar-refractivity contribution in [2.45, 2.75) is 25.8 Å². The van der Waals surface area contributed by atoms with Crippen LogP contribution in [0.2, 0.25) is 0 Å². The van der Waals surface area contributed by atoms with Crippen molar-refractivity contribution in [3.8, 4) is 0 Å². The predicted octanol–water partition coefficient (Wildman–Crippen LogP) is -0.115. The molecule has 2 N–H and O–H groups in total. The molecule has 7 heteroatoms. The lowest BCUT2D eigenvalue weighted by molar-refractivity contribution is -0.139. The second-order valence-electron chi connectivity index (χ2n) is 4.03. The van der Waals surface area contributed by atoms with Crippen LogP contribution in [-0.4, -0.2) is 46.9 Å². The topological polar surface area (TPSA) is 91.5 Å². The third-order valence-corrected chi connectivity index (χ3v) is 2.68. The number of carboxylic acids is 1. The summed E-state index contributed by atoms with van der Waals surface area (Å²) in [5.41, 5.74) is 0. The minimum absolute atomic E-state index is 0.362. The van der Waals surface area contributed by atoms with E-state index >= 15 is 0 Å². The molecule has 2 heterocycles. The highest BCUT2D eigenvalue weighted by atomic mass is 16.5.